The van der Waals surface area contributed by atoms with Gasteiger partial charge in [-0.05, 0) is 30.9 Å². The van der Waals surface area contributed by atoms with Gasteiger partial charge in [0.2, 0.25) is 0 Å². The molecule has 0 aromatic heterocycles. The quantitative estimate of drug-likeness (QED) is 0.908. The summed E-state index contributed by atoms with van der Waals surface area (Å²) >= 11 is 0. The first-order chi connectivity index (χ1) is 8.92. The number of carboxylic acids is 1. The van der Waals surface area contributed by atoms with Crippen molar-refractivity contribution in [2.24, 2.45) is 11.3 Å². The number of carboxylic acid groups (broad SMARTS) is 1. The van der Waals surface area contributed by atoms with Crippen LogP contribution in [0.2, 0.25) is 0 Å². The zero-order valence-electron chi connectivity index (χ0n) is 12.0. The van der Waals surface area contributed by atoms with Crippen LogP contribution in [0.25, 0.3) is 0 Å². The summed E-state index contributed by atoms with van der Waals surface area (Å²) in [5.74, 6) is -0.956. The van der Waals surface area contributed by atoms with Gasteiger partial charge < -0.3 is 5.11 Å². The summed E-state index contributed by atoms with van der Waals surface area (Å²) in [7, 11) is 0. The minimum absolute atomic E-state index is 0.112. The molecule has 1 aliphatic rings. The topological polar surface area (TPSA) is 40.5 Å². The van der Waals surface area contributed by atoms with E-state index in [1.807, 2.05) is 18.2 Å². The average Bonchev–Trinajstić information content (AvgIpc) is 2.38. The Hall–Kier alpha value is -1.35. The molecule has 104 valence electrons. The fraction of sp³-hybridized carbons (Fsp3) is 0.562. The third kappa shape index (κ3) is 2.98. The maximum absolute atomic E-state index is 11.4. The van der Waals surface area contributed by atoms with Gasteiger partial charge in [-0.3, -0.25) is 9.69 Å². The molecule has 0 saturated carbocycles. The van der Waals surface area contributed by atoms with Crippen molar-refractivity contribution >= 4 is 5.97 Å². The highest BCUT2D eigenvalue weighted by Crippen LogP contribution is 2.38. The Bertz CT molecular complexity index is 441. The number of aliphatic carboxylic acids is 1. The fourth-order valence-electron chi connectivity index (χ4n) is 2.89. The molecule has 0 amide bonds. The highest BCUT2D eigenvalue weighted by molar-refractivity contribution is 5.71. The molecule has 1 heterocycles. The van der Waals surface area contributed by atoms with Crippen LogP contribution in [0.15, 0.2) is 30.3 Å². The first kappa shape index (κ1) is 14.1. The number of hydrogen-bond acceptors (Lipinski definition) is 2. The van der Waals surface area contributed by atoms with E-state index in [0.29, 0.717) is 6.54 Å². The molecule has 1 aliphatic heterocycles. The Balaban J connectivity index is 2.13. The van der Waals surface area contributed by atoms with Crippen molar-refractivity contribution in [1.82, 2.24) is 4.90 Å². The van der Waals surface area contributed by atoms with Crippen molar-refractivity contribution in [1.29, 1.82) is 0 Å². The molecule has 0 bridgehead atoms. The van der Waals surface area contributed by atoms with Gasteiger partial charge in [0.1, 0.15) is 0 Å². The van der Waals surface area contributed by atoms with Crippen LogP contribution in [0.4, 0.5) is 0 Å². The van der Waals surface area contributed by atoms with Crippen LogP contribution in [0, 0.1) is 11.3 Å². The molecule has 0 radical (unpaired) electrons. The predicted octanol–water partition coefficient (Wildman–Crippen LogP) is 3.18. The molecular weight excluding hydrogens is 238 g/mol. The maximum atomic E-state index is 11.4. The molecule has 1 fully saturated rings. The third-order valence-corrected chi connectivity index (χ3v) is 4.53. The number of benzene rings is 1. The maximum Gasteiger partial charge on any atom is 0.308 e. The van der Waals surface area contributed by atoms with Crippen molar-refractivity contribution in [3.8, 4) is 0 Å². The summed E-state index contributed by atoms with van der Waals surface area (Å²) in [5.41, 5.74) is 1.14. The molecule has 2 atom stereocenters. The van der Waals surface area contributed by atoms with Crippen molar-refractivity contribution in [2.45, 2.75) is 33.2 Å². The Kier molecular flexibility index (Phi) is 3.95. The zero-order chi connectivity index (χ0) is 14.0. The molecule has 2 rings (SSSR count). The Morgan fingerprint density at radius 2 is 2.00 bits per heavy atom. The fourth-order valence-corrected chi connectivity index (χ4v) is 2.89. The van der Waals surface area contributed by atoms with Crippen molar-refractivity contribution in [3.05, 3.63) is 35.9 Å². The normalized spacial score (nSPS) is 24.9. The summed E-state index contributed by atoms with van der Waals surface area (Å²) in [6, 6.07) is 10.6. The second kappa shape index (κ2) is 5.33. The van der Waals surface area contributed by atoms with Crippen LogP contribution < -0.4 is 0 Å². The van der Waals surface area contributed by atoms with Crippen LogP contribution in [0.3, 0.4) is 0 Å². The second-order valence-corrected chi connectivity index (χ2v) is 6.21. The Morgan fingerprint density at radius 3 is 2.58 bits per heavy atom. The van der Waals surface area contributed by atoms with E-state index in [2.05, 4.69) is 37.8 Å². The van der Waals surface area contributed by atoms with E-state index < -0.39 is 5.97 Å². The summed E-state index contributed by atoms with van der Waals surface area (Å²) in [5, 5.41) is 9.42. The van der Waals surface area contributed by atoms with Crippen molar-refractivity contribution in [2.75, 3.05) is 13.1 Å². The number of rotatable bonds is 3. The smallest absolute Gasteiger partial charge is 0.308 e. The molecule has 0 aliphatic carbocycles. The molecular formula is C16H23NO2. The number of hydrogen-bond donors (Lipinski definition) is 1. The van der Waals surface area contributed by atoms with Gasteiger partial charge in [-0.1, -0.05) is 44.2 Å². The summed E-state index contributed by atoms with van der Waals surface area (Å²) in [4.78, 5) is 13.7. The van der Waals surface area contributed by atoms with Crippen LogP contribution in [0.5, 0.6) is 0 Å². The van der Waals surface area contributed by atoms with Gasteiger partial charge in [-0.15, -0.1) is 0 Å². The standard InChI is InChI=1S/C16H23NO2/c1-12(13-7-5-4-6-8-13)17-10-9-16(2,3)14(11-17)15(18)19/h4-8,12,14H,9-11H2,1-3H3,(H,18,19). The van der Waals surface area contributed by atoms with Crippen LogP contribution in [0.1, 0.15) is 38.8 Å². The van der Waals surface area contributed by atoms with E-state index in [9.17, 15) is 9.90 Å². The molecule has 19 heavy (non-hydrogen) atoms. The van der Waals surface area contributed by atoms with Crippen molar-refractivity contribution < 1.29 is 9.90 Å². The van der Waals surface area contributed by atoms with Crippen LogP contribution in [-0.2, 0) is 4.79 Å². The lowest BCUT2D eigenvalue weighted by Crippen LogP contribution is -2.48. The molecule has 0 spiro atoms. The SMILES string of the molecule is CC(c1ccccc1)N1CCC(C)(C)C(C(=O)O)C1. The van der Waals surface area contributed by atoms with Crippen LogP contribution in [-0.4, -0.2) is 29.1 Å². The monoisotopic (exact) mass is 261 g/mol. The third-order valence-electron chi connectivity index (χ3n) is 4.53. The second-order valence-electron chi connectivity index (χ2n) is 6.21. The number of carbonyl (C=O) groups is 1. The van der Waals surface area contributed by atoms with E-state index in [1.165, 1.54) is 5.56 Å². The van der Waals surface area contributed by atoms with Gasteiger partial charge in [0.15, 0.2) is 0 Å². The zero-order valence-corrected chi connectivity index (χ0v) is 12.0. The lowest BCUT2D eigenvalue weighted by Gasteiger charge is -2.44. The number of piperidine rings is 1. The minimum atomic E-state index is -0.671. The molecule has 3 nitrogen and oxygen atoms in total. The first-order valence-electron chi connectivity index (χ1n) is 6.93. The molecule has 3 heteroatoms. The van der Waals surface area contributed by atoms with Gasteiger partial charge in [-0.2, -0.15) is 0 Å². The minimum Gasteiger partial charge on any atom is -0.481 e. The molecule has 1 aromatic rings. The molecule has 1 N–H and O–H groups in total. The predicted molar refractivity (Wildman–Crippen MR) is 76.0 cm³/mol. The molecule has 1 aromatic carbocycles. The number of nitrogens with zero attached hydrogens (tertiary/aromatic N) is 1. The summed E-state index contributed by atoms with van der Waals surface area (Å²) in [6.07, 6.45) is 0.932. The Labute approximate surface area is 115 Å². The molecule has 1 saturated heterocycles. The van der Waals surface area contributed by atoms with Gasteiger partial charge in [-0.25, -0.2) is 0 Å². The average molecular weight is 261 g/mol. The largest absolute Gasteiger partial charge is 0.481 e. The summed E-state index contributed by atoms with van der Waals surface area (Å²) < 4.78 is 0. The number of likely N-dealkylation sites (tertiary alicyclic amines) is 1. The van der Waals surface area contributed by atoms with Gasteiger partial charge in [0, 0.05) is 12.6 Å². The molecule has 2 unspecified atom stereocenters. The highest BCUT2D eigenvalue weighted by Gasteiger charge is 2.41. The van der Waals surface area contributed by atoms with Crippen molar-refractivity contribution in [3.63, 3.8) is 0 Å². The van der Waals surface area contributed by atoms with Gasteiger partial charge in [0.25, 0.3) is 0 Å². The lowest BCUT2D eigenvalue weighted by molar-refractivity contribution is -0.149. The van der Waals surface area contributed by atoms with E-state index in [1.54, 1.807) is 0 Å². The van der Waals surface area contributed by atoms with E-state index in [0.717, 1.165) is 13.0 Å². The summed E-state index contributed by atoms with van der Waals surface area (Å²) in [6.45, 7) is 7.89. The first-order valence-corrected chi connectivity index (χ1v) is 6.93. The van der Waals surface area contributed by atoms with E-state index >= 15 is 0 Å². The van der Waals surface area contributed by atoms with Crippen LogP contribution >= 0.6 is 0 Å². The highest BCUT2D eigenvalue weighted by atomic mass is 16.4. The Morgan fingerprint density at radius 1 is 1.37 bits per heavy atom. The van der Waals surface area contributed by atoms with E-state index in [-0.39, 0.29) is 17.4 Å². The van der Waals surface area contributed by atoms with Gasteiger partial charge in [0.05, 0.1) is 5.92 Å². The van der Waals surface area contributed by atoms with Gasteiger partial charge >= 0.3 is 5.97 Å². The lowest BCUT2D eigenvalue weighted by atomic mass is 9.73. The van der Waals surface area contributed by atoms with E-state index in [4.69, 9.17) is 0 Å².